The second kappa shape index (κ2) is 8.27. The third-order valence-corrected chi connectivity index (χ3v) is 6.34. The van der Waals surface area contributed by atoms with Gasteiger partial charge in [0.15, 0.2) is 0 Å². The highest BCUT2D eigenvalue weighted by molar-refractivity contribution is 7.99. The van der Waals surface area contributed by atoms with E-state index in [9.17, 15) is 4.79 Å². The Kier molecular flexibility index (Phi) is 4.96. The van der Waals surface area contributed by atoms with E-state index in [1.807, 2.05) is 60.8 Å². The van der Waals surface area contributed by atoms with Gasteiger partial charge in [0.2, 0.25) is 5.91 Å². The van der Waals surface area contributed by atoms with E-state index < -0.39 is 0 Å². The topological polar surface area (TPSA) is 106 Å². The molecule has 3 aromatic carbocycles. The van der Waals surface area contributed by atoms with Gasteiger partial charge in [0.05, 0.1) is 24.1 Å². The molecule has 6 aromatic rings. The number of aromatic nitrogens is 3. The van der Waals surface area contributed by atoms with Crippen LogP contribution >= 0.6 is 11.8 Å². The number of fused-ring (bicyclic) bond motifs is 4. The van der Waals surface area contributed by atoms with Crippen LogP contribution in [0.15, 0.2) is 80.9 Å². The Bertz CT molecular complexity index is 1670. The van der Waals surface area contributed by atoms with Gasteiger partial charge in [-0.2, -0.15) is 0 Å². The zero-order valence-electron chi connectivity index (χ0n) is 18.0. The molecule has 3 aromatic heterocycles. The van der Waals surface area contributed by atoms with Gasteiger partial charge in [0.25, 0.3) is 11.1 Å². The van der Waals surface area contributed by atoms with Crippen LogP contribution < -0.4 is 10.1 Å². The van der Waals surface area contributed by atoms with Crippen LogP contribution in [-0.2, 0) is 4.79 Å². The number of rotatable bonds is 6. The van der Waals surface area contributed by atoms with Crippen LogP contribution in [0.3, 0.4) is 0 Å². The van der Waals surface area contributed by atoms with Crippen molar-refractivity contribution in [1.82, 2.24) is 15.2 Å². The van der Waals surface area contributed by atoms with Crippen molar-refractivity contribution in [2.24, 2.45) is 0 Å². The fraction of sp³-hybridized carbons (Fsp3) is 0.0800. The smallest absolute Gasteiger partial charge is 0.277 e. The highest BCUT2D eigenvalue weighted by Crippen LogP contribution is 2.36. The summed E-state index contributed by atoms with van der Waals surface area (Å²) in [6.07, 6.45) is 1.83. The van der Waals surface area contributed by atoms with E-state index in [1.54, 1.807) is 13.2 Å². The standard InChI is InChI=1S/C25H18N4O4S/c1-31-22-10-16-15-7-3-5-9-20(15)32-21(16)11-19(22)27-23(30)13-34-25-29-28-24(33-25)17-12-26-18-8-4-2-6-14(17)18/h2-12,26H,13H2,1H3,(H,27,30). The molecule has 0 aliphatic rings. The van der Waals surface area contributed by atoms with Gasteiger partial charge in [0, 0.05) is 33.9 Å². The van der Waals surface area contributed by atoms with Gasteiger partial charge in [-0.25, -0.2) is 0 Å². The molecule has 0 spiro atoms. The molecule has 0 saturated heterocycles. The fourth-order valence-corrected chi connectivity index (χ4v) is 4.52. The predicted octanol–water partition coefficient (Wildman–Crippen LogP) is 5.86. The molecule has 1 amide bonds. The number of hydrogen-bond acceptors (Lipinski definition) is 7. The first-order valence-electron chi connectivity index (χ1n) is 10.5. The molecule has 0 saturated carbocycles. The monoisotopic (exact) mass is 470 g/mol. The van der Waals surface area contributed by atoms with Crippen molar-refractivity contribution in [3.63, 3.8) is 0 Å². The number of nitrogens with one attached hydrogen (secondary N) is 2. The summed E-state index contributed by atoms with van der Waals surface area (Å²) in [5.41, 5.74) is 3.79. The van der Waals surface area contributed by atoms with E-state index in [4.69, 9.17) is 13.6 Å². The van der Waals surface area contributed by atoms with Crippen LogP contribution in [0.4, 0.5) is 5.69 Å². The Morgan fingerprint density at radius 2 is 1.82 bits per heavy atom. The van der Waals surface area contributed by atoms with Crippen LogP contribution in [0, 0.1) is 0 Å². The zero-order valence-corrected chi connectivity index (χ0v) is 18.8. The molecular formula is C25H18N4O4S. The summed E-state index contributed by atoms with van der Waals surface area (Å²) in [7, 11) is 1.57. The molecule has 0 bridgehead atoms. The van der Waals surface area contributed by atoms with Gasteiger partial charge in [-0.05, 0) is 18.2 Å². The van der Waals surface area contributed by atoms with Crippen molar-refractivity contribution < 1.29 is 18.4 Å². The summed E-state index contributed by atoms with van der Waals surface area (Å²) in [4.78, 5) is 15.8. The number of ether oxygens (including phenoxy) is 1. The van der Waals surface area contributed by atoms with Gasteiger partial charge in [-0.1, -0.05) is 48.2 Å². The Hall–Kier alpha value is -4.24. The van der Waals surface area contributed by atoms with Gasteiger partial charge in [0.1, 0.15) is 16.9 Å². The predicted molar refractivity (Wildman–Crippen MR) is 131 cm³/mol. The van der Waals surface area contributed by atoms with Gasteiger partial charge in [-0.15, -0.1) is 10.2 Å². The maximum atomic E-state index is 12.7. The molecule has 0 aliphatic heterocycles. The quantitative estimate of drug-likeness (QED) is 0.294. The minimum absolute atomic E-state index is 0.0941. The van der Waals surface area contributed by atoms with E-state index in [0.717, 1.165) is 32.8 Å². The molecule has 8 nitrogen and oxygen atoms in total. The number of hydrogen-bond donors (Lipinski definition) is 2. The number of aromatic amines is 1. The molecule has 6 rings (SSSR count). The summed E-state index contributed by atoms with van der Waals surface area (Å²) in [6, 6.07) is 19.3. The maximum Gasteiger partial charge on any atom is 0.277 e. The minimum atomic E-state index is -0.231. The van der Waals surface area contributed by atoms with E-state index in [0.29, 0.717) is 28.1 Å². The lowest BCUT2D eigenvalue weighted by atomic mass is 10.1. The molecule has 3 heterocycles. The second-order valence-corrected chi connectivity index (χ2v) is 8.53. The molecule has 0 atom stereocenters. The van der Waals surface area contributed by atoms with Crippen LogP contribution in [0.25, 0.3) is 44.3 Å². The van der Waals surface area contributed by atoms with Gasteiger partial charge >= 0.3 is 0 Å². The summed E-state index contributed by atoms with van der Waals surface area (Å²) in [5.74, 6) is 0.816. The molecular weight excluding hydrogens is 452 g/mol. The van der Waals surface area contributed by atoms with E-state index in [-0.39, 0.29) is 11.7 Å². The number of nitrogens with zero attached hydrogens (tertiary/aromatic N) is 2. The molecule has 168 valence electrons. The van der Waals surface area contributed by atoms with E-state index in [1.165, 1.54) is 11.8 Å². The first-order chi connectivity index (χ1) is 16.7. The summed E-state index contributed by atoms with van der Waals surface area (Å²) < 4.78 is 17.2. The molecule has 0 fully saturated rings. The van der Waals surface area contributed by atoms with Gasteiger partial charge in [-0.3, -0.25) is 4.79 Å². The Morgan fingerprint density at radius 1 is 1.00 bits per heavy atom. The maximum absolute atomic E-state index is 12.7. The summed E-state index contributed by atoms with van der Waals surface area (Å²) >= 11 is 1.17. The lowest BCUT2D eigenvalue weighted by molar-refractivity contribution is -0.113. The number of anilines is 1. The second-order valence-electron chi connectivity index (χ2n) is 7.60. The first kappa shape index (κ1) is 20.4. The van der Waals surface area contributed by atoms with Gasteiger partial charge < -0.3 is 23.9 Å². The Labute approximate surface area is 197 Å². The number of carbonyl (C=O) groups is 1. The highest BCUT2D eigenvalue weighted by Gasteiger charge is 2.17. The lowest BCUT2D eigenvalue weighted by Crippen LogP contribution is -2.14. The third-order valence-electron chi connectivity index (χ3n) is 5.53. The average Bonchev–Trinajstić information content (AvgIpc) is 3.58. The largest absolute Gasteiger partial charge is 0.495 e. The Morgan fingerprint density at radius 3 is 2.71 bits per heavy atom. The Balaban J connectivity index is 1.18. The molecule has 0 radical (unpaired) electrons. The minimum Gasteiger partial charge on any atom is -0.495 e. The van der Waals surface area contributed by atoms with Crippen molar-refractivity contribution >= 4 is 56.2 Å². The average molecular weight is 471 g/mol. The number of carbonyl (C=O) groups excluding carboxylic acids is 1. The van der Waals surface area contributed by atoms with Crippen molar-refractivity contribution in [3.8, 4) is 17.2 Å². The van der Waals surface area contributed by atoms with Crippen LogP contribution in [0.1, 0.15) is 0 Å². The molecule has 0 aliphatic carbocycles. The van der Waals surface area contributed by atoms with Crippen molar-refractivity contribution in [3.05, 3.63) is 66.9 Å². The SMILES string of the molecule is COc1cc2c(cc1NC(=O)CSc1nnc(-c3c[nH]c4ccccc34)o1)oc1ccccc12. The molecule has 9 heteroatoms. The number of thioether (sulfide) groups is 1. The van der Waals surface area contributed by atoms with Crippen molar-refractivity contribution in [2.45, 2.75) is 5.22 Å². The summed E-state index contributed by atoms with van der Waals surface area (Å²) in [6.45, 7) is 0. The molecule has 0 unspecified atom stereocenters. The van der Waals surface area contributed by atoms with Crippen LogP contribution in [0.5, 0.6) is 5.75 Å². The van der Waals surface area contributed by atoms with Crippen molar-refractivity contribution in [2.75, 3.05) is 18.2 Å². The van der Waals surface area contributed by atoms with E-state index >= 15 is 0 Å². The number of para-hydroxylation sites is 2. The lowest BCUT2D eigenvalue weighted by Gasteiger charge is -2.09. The highest BCUT2D eigenvalue weighted by atomic mass is 32.2. The van der Waals surface area contributed by atoms with E-state index in [2.05, 4.69) is 20.5 Å². The number of methoxy groups -OCH3 is 1. The van der Waals surface area contributed by atoms with Crippen LogP contribution in [-0.4, -0.2) is 34.0 Å². The zero-order chi connectivity index (χ0) is 23.1. The first-order valence-corrected chi connectivity index (χ1v) is 11.5. The number of H-pyrrole nitrogens is 1. The third kappa shape index (κ3) is 3.56. The number of furan rings is 1. The molecule has 34 heavy (non-hydrogen) atoms. The fourth-order valence-electron chi connectivity index (χ4n) is 3.96. The molecule has 2 N–H and O–H groups in total. The normalized spacial score (nSPS) is 11.4. The summed E-state index contributed by atoms with van der Waals surface area (Å²) in [5, 5.41) is 14.3. The number of benzene rings is 3. The number of amides is 1. The van der Waals surface area contributed by atoms with Crippen molar-refractivity contribution in [1.29, 1.82) is 0 Å². The van der Waals surface area contributed by atoms with Crippen LogP contribution in [0.2, 0.25) is 0 Å².